The molecule has 0 spiro atoms. The Kier molecular flexibility index (Phi) is 4.75. The van der Waals surface area contributed by atoms with Crippen molar-refractivity contribution in [1.82, 2.24) is 9.80 Å². The van der Waals surface area contributed by atoms with E-state index in [-0.39, 0.29) is 5.91 Å². The molecule has 1 aromatic rings. The van der Waals surface area contributed by atoms with Gasteiger partial charge in [-0.3, -0.25) is 4.79 Å². The highest BCUT2D eigenvalue weighted by atomic mass is 16.2. The number of amides is 1. The molecule has 0 aliphatic carbocycles. The van der Waals surface area contributed by atoms with E-state index in [1.54, 1.807) is 24.3 Å². The predicted molar refractivity (Wildman–Crippen MR) is 78.3 cm³/mol. The van der Waals surface area contributed by atoms with Crippen molar-refractivity contribution in [3.8, 4) is 6.07 Å². The highest BCUT2D eigenvalue weighted by Crippen LogP contribution is 2.19. The molecule has 2 rings (SSSR count). The van der Waals surface area contributed by atoms with E-state index in [9.17, 15) is 4.79 Å². The first-order chi connectivity index (χ1) is 9.60. The fourth-order valence-corrected chi connectivity index (χ4v) is 2.70. The van der Waals surface area contributed by atoms with Gasteiger partial charge in [0.25, 0.3) is 5.91 Å². The minimum Gasteiger partial charge on any atom is -0.339 e. The van der Waals surface area contributed by atoms with Gasteiger partial charge in [0.15, 0.2) is 0 Å². The first-order valence-corrected chi connectivity index (χ1v) is 7.04. The van der Waals surface area contributed by atoms with Gasteiger partial charge in [-0.05, 0) is 57.1 Å². The fourth-order valence-electron chi connectivity index (χ4n) is 2.70. The van der Waals surface area contributed by atoms with Gasteiger partial charge in [0, 0.05) is 25.2 Å². The average molecular weight is 271 g/mol. The summed E-state index contributed by atoms with van der Waals surface area (Å²) in [5, 5.41) is 8.77. The van der Waals surface area contributed by atoms with Crippen LogP contribution in [0, 0.1) is 17.2 Å². The second-order valence-electron chi connectivity index (χ2n) is 5.69. The number of carbonyl (C=O) groups excluding carboxylic acids is 1. The number of benzene rings is 1. The minimum absolute atomic E-state index is 0.0813. The van der Waals surface area contributed by atoms with E-state index < -0.39 is 0 Å². The molecule has 20 heavy (non-hydrogen) atoms. The molecule has 106 valence electrons. The summed E-state index contributed by atoms with van der Waals surface area (Å²) in [6.45, 7) is 2.76. The first-order valence-electron chi connectivity index (χ1n) is 7.04. The van der Waals surface area contributed by atoms with Gasteiger partial charge in [-0.15, -0.1) is 0 Å². The number of carbonyl (C=O) groups is 1. The van der Waals surface area contributed by atoms with Crippen molar-refractivity contribution in [2.24, 2.45) is 5.92 Å². The summed E-state index contributed by atoms with van der Waals surface area (Å²) in [5.41, 5.74) is 1.27. The van der Waals surface area contributed by atoms with Gasteiger partial charge in [-0.25, -0.2) is 0 Å². The molecular weight excluding hydrogens is 250 g/mol. The van der Waals surface area contributed by atoms with Crippen LogP contribution >= 0.6 is 0 Å². The molecule has 0 radical (unpaired) electrons. The molecule has 4 heteroatoms. The number of nitrogens with zero attached hydrogens (tertiary/aromatic N) is 3. The van der Waals surface area contributed by atoms with Gasteiger partial charge in [-0.1, -0.05) is 0 Å². The maximum absolute atomic E-state index is 12.4. The Balaban J connectivity index is 1.92. The molecule has 1 aliphatic rings. The van der Waals surface area contributed by atoms with E-state index >= 15 is 0 Å². The lowest BCUT2D eigenvalue weighted by Crippen LogP contribution is -2.40. The van der Waals surface area contributed by atoms with Gasteiger partial charge in [0.05, 0.1) is 11.6 Å². The maximum atomic E-state index is 12.4. The lowest BCUT2D eigenvalue weighted by atomic mass is 9.96. The molecule has 0 atom stereocenters. The predicted octanol–water partition coefficient (Wildman–Crippen LogP) is 1.97. The Hall–Kier alpha value is -1.86. The lowest BCUT2D eigenvalue weighted by molar-refractivity contribution is 0.0678. The SMILES string of the molecule is CN(C)CC1CCN(C(=O)c2ccc(C#N)cc2)CC1. The van der Waals surface area contributed by atoms with Crippen molar-refractivity contribution in [3.05, 3.63) is 35.4 Å². The van der Waals surface area contributed by atoms with Crippen LogP contribution in [0.5, 0.6) is 0 Å². The summed E-state index contributed by atoms with van der Waals surface area (Å²) < 4.78 is 0. The summed E-state index contributed by atoms with van der Waals surface area (Å²) in [4.78, 5) is 16.5. The van der Waals surface area contributed by atoms with Crippen LogP contribution in [-0.4, -0.2) is 49.4 Å². The first kappa shape index (κ1) is 14.5. The summed E-state index contributed by atoms with van der Waals surface area (Å²) in [7, 11) is 4.18. The van der Waals surface area contributed by atoms with E-state index in [1.807, 2.05) is 4.90 Å². The number of nitriles is 1. The van der Waals surface area contributed by atoms with Crippen molar-refractivity contribution in [3.63, 3.8) is 0 Å². The van der Waals surface area contributed by atoms with E-state index in [4.69, 9.17) is 5.26 Å². The summed E-state index contributed by atoms with van der Waals surface area (Å²) in [6.07, 6.45) is 2.14. The largest absolute Gasteiger partial charge is 0.339 e. The maximum Gasteiger partial charge on any atom is 0.253 e. The van der Waals surface area contributed by atoms with Crippen LogP contribution < -0.4 is 0 Å². The number of hydrogen-bond donors (Lipinski definition) is 0. The van der Waals surface area contributed by atoms with Crippen LogP contribution in [0.15, 0.2) is 24.3 Å². The van der Waals surface area contributed by atoms with Crippen LogP contribution in [0.4, 0.5) is 0 Å². The third-order valence-electron chi connectivity index (χ3n) is 3.79. The van der Waals surface area contributed by atoms with Gasteiger partial charge in [0.1, 0.15) is 0 Å². The zero-order valence-corrected chi connectivity index (χ0v) is 12.2. The Morgan fingerprint density at radius 2 is 1.90 bits per heavy atom. The van der Waals surface area contributed by atoms with Gasteiger partial charge < -0.3 is 9.80 Å². The second kappa shape index (κ2) is 6.53. The number of hydrogen-bond acceptors (Lipinski definition) is 3. The highest BCUT2D eigenvalue weighted by Gasteiger charge is 2.23. The van der Waals surface area contributed by atoms with Crippen molar-refractivity contribution in [2.45, 2.75) is 12.8 Å². The number of piperidine rings is 1. The Labute approximate surface area is 120 Å². The smallest absolute Gasteiger partial charge is 0.253 e. The van der Waals surface area contributed by atoms with E-state index in [0.717, 1.165) is 32.5 Å². The van der Waals surface area contributed by atoms with Gasteiger partial charge >= 0.3 is 0 Å². The van der Waals surface area contributed by atoms with Crippen molar-refractivity contribution in [2.75, 3.05) is 33.7 Å². The minimum atomic E-state index is 0.0813. The van der Waals surface area contributed by atoms with E-state index in [1.165, 1.54) is 0 Å². The number of likely N-dealkylation sites (tertiary alicyclic amines) is 1. The normalized spacial score (nSPS) is 16.2. The molecule has 0 N–H and O–H groups in total. The zero-order chi connectivity index (χ0) is 14.5. The topological polar surface area (TPSA) is 47.3 Å². The van der Waals surface area contributed by atoms with Crippen LogP contribution in [0.3, 0.4) is 0 Å². The Bertz CT molecular complexity index is 493. The molecule has 0 unspecified atom stereocenters. The second-order valence-corrected chi connectivity index (χ2v) is 5.69. The zero-order valence-electron chi connectivity index (χ0n) is 12.2. The molecule has 0 saturated carbocycles. The van der Waals surface area contributed by atoms with E-state index in [0.29, 0.717) is 17.0 Å². The molecular formula is C16H21N3O. The van der Waals surface area contributed by atoms with Crippen LogP contribution in [0.1, 0.15) is 28.8 Å². The third kappa shape index (κ3) is 3.58. The molecule has 1 amide bonds. The summed E-state index contributed by atoms with van der Waals surface area (Å²) in [5.74, 6) is 0.771. The monoisotopic (exact) mass is 271 g/mol. The third-order valence-corrected chi connectivity index (χ3v) is 3.79. The quantitative estimate of drug-likeness (QED) is 0.844. The van der Waals surface area contributed by atoms with Gasteiger partial charge in [0.2, 0.25) is 0 Å². The van der Waals surface area contributed by atoms with Crippen LogP contribution in [0.2, 0.25) is 0 Å². The fraction of sp³-hybridized carbons (Fsp3) is 0.500. The molecule has 0 bridgehead atoms. The summed E-state index contributed by atoms with van der Waals surface area (Å²) in [6, 6.07) is 8.95. The molecule has 4 nitrogen and oxygen atoms in total. The number of rotatable bonds is 3. The van der Waals surface area contributed by atoms with Gasteiger partial charge in [-0.2, -0.15) is 5.26 Å². The molecule has 1 aliphatic heterocycles. The Morgan fingerprint density at radius 1 is 1.30 bits per heavy atom. The van der Waals surface area contributed by atoms with E-state index in [2.05, 4.69) is 25.1 Å². The lowest BCUT2D eigenvalue weighted by Gasteiger charge is -2.33. The van der Waals surface area contributed by atoms with Crippen LogP contribution in [0.25, 0.3) is 0 Å². The Morgan fingerprint density at radius 3 is 2.40 bits per heavy atom. The van der Waals surface area contributed by atoms with Crippen molar-refractivity contribution in [1.29, 1.82) is 5.26 Å². The highest BCUT2D eigenvalue weighted by molar-refractivity contribution is 5.94. The standard InChI is InChI=1S/C16H21N3O/c1-18(2)12-14-7-9-19(10-8-14)16(20)15-5-3-13(11-17)4-6-15/h3-6,14H,7-10,12H2,1-2H3. The van der Waals surface area contributed by atoms with Crippen LogP contribution in [-0.2, 0) is 0 Å². The molecule has 1 saturated heterocycles. The molecule has 1 fully saturated rings. The molecule has 0 aromatic heterocycles. The average Bonchev–Trinajstić information content (AvgIpc) is 2.47. The molecule has 1 aromatic carbocycles. The van der Waals surface area contributed by atoms with Crippen molar-refractivity contribution >= 4 is 5.91 Å². The molecule has 1 heterocycles. The van der Waals surface area contributed by atoms with Crippen molar-refractivity contribution < 1.29 is 4.79 Å². The summed E-state index contributed by atoms with van der Waals surface area (Å²) >= 11 is 0.